The number of aromatic nitrogens is 1. The third kappa shape index (κ3) is 3.68. The Balaban J connectivity index is 2.05. The Bertz CT molecular complexity index is 549. The Morgan fingerprint density at radius 1 is 1.40 bits per heavy atom. The number of ether oxygens (including phenoxy) is 1. The van der Waals surface area contributed by atoms with Crippen LogP contribution in [0, 0.1) is 0 Å². The van der Waals surface area contributed by atoms with Gasteiger partial charge in [0.05, 0.1) is 5.54 Å². The first-order valence-corrected chi connectivity index (χ1v) is 7.48. The second-order valence-corrected chi connectivity index (χ2v) is 5.92. The Hall–Kier alpha value is -1.65. The van der Waals surface area contributed by atoms with Crippen LogP contribution in [0.1, 0.15) is 24.4 Å². The van der Waals surface area contributed by atoms with Crippen LogP contribution in [0.5, 0.6) is 5.75 Å². The molecule has 0 fully saturated rings. The zero-order valence-corrected chi connectivity index (χ0v) is 12.7. The smallest absolute Gasteiger partial charge is 0.124 e. The Morgan fingerprint density at radius 2 is 2.20 bits per heavy atom. The molecule has 0 bridgehead atoms. The molecule has 0 aliphatic heterocycles. The standard InChI is InChI=1S/C16H20N2OS/c1-4-10-19-14-8-6-5-7-13(14)12-18-16(2,3)15-17-9-11-20-15/h4-9,11,18H,1,10,12H2,2-3H3. The van der Waals surface area contributed by atoms with Gasteiger partial charge in [0.15, 0.2) is 0 Å². The van der Waals surface area contributed by atoms with E-state index in [-0.39, 0.29) is 5.54 Å². The molecule has 4 heteroatoms. The largest absolute Gasteiger partial charge is 0.489 e. The molecule has 0 radical (unpaired) electrons. The number of nitrogens with zero attached hydrogens (tertiary/aromatic N) is 1. The van der Waals surface area contributed by atoms with Crippen molar-refractivity contribution in [2.24, 2.45) is 0 Å². The van der Waals surface area contributed by atoms with Gasteiger partial charge in [-0.3, -0.25) is 0 Å². The van der Waals surface area contributed by atoms with Crippen molar-refractivity contribution in [1.29, 1.82) is 0 Å². The van der Waals surface area contributed by atoms with E-state index in [1.54, 1.807) is 17.4 Å². The van der Waals surface area contributed by atoms with Gasteiger partial charge in [-0.15, -0.1) is 11.3 Å². The third-order valence-electron chi connectivity index (χ3n) is 3.02. The minimum absolute atomic E-state index is 0.153. The van der Waals surface area contributed by atoms with E-state index >= 15 is 0 Å². The first kappa shape index (κ1) is 14.8. The molecule has 0 spiro atoms. The van der Waals surface area contributed by atoms with Crippen LogP contribution in [0.3, 0.4) is 0 Å². The summed E-state index contributed by atoms with van der Waals surface area (Å²) < 4.78 is 5.67. The van der Waals surface area contributed by atoms with Crippen molar-refractivity contribution in [3.63, 3.8) is 0 Å². The quantitative estimate of drug-likeness (QED) is 0.788. The van der Waals surface area contributed by atoms with Crippen LogP contribution in [0.15, 0.2) is 48.5 Å². The lowest BCUT2D eigenvalue weighted by Gasteiger charge is -2.24. The van der Waals surface area contributed by atoms with Crippen LogP contribution < -0.4 is 10.1 Å². The van der Waals surface area contributed by atoms with E-state index < -0.39 is 0 Å². The summed E-state index contributed by atoms with van der Waals surface area (Å²) in [5, 5.41) is 6.62. The van der Waals surface area contributed by atoms with E-state index in [0.29, 0.717) is 6.61 Å². The van der Waals surface area contributed by atoms with Gasteiger partial charge in [-0.25, -0.2) is 4.98 Å². The van der Waals surface area contributed by atoms with Gasteiger partial charge in [0.1, 0.15) is 17.4 Å². The highest BCUT2D eigenvalue weighted by atomic mass is 32.1. The van der Waals surface area contributed by atoms with Gasteiger partial charge >= 0.3 is 0 Å². The molecule has 1 heterocycles. The summed E-state index contributed by atoms with van der Waals surface area (Å²) in [6.45, 7) is 9.21. The molecule has 1 aromatic carbocycles. The summed E-state index contributed by atoms with van der Waals surface area (Å²) in [5.41, 5.74) is 0.985. The molecule has 0 aliphatic carbocycles. The monoisotopic (exact) mass is 288 g/mol. The molecule has 0 saturated carbocycles. The third-order valence-corrected chi connectivity index (χ3v) is 4.11. The number of rotatable bonds is 7. The molecule has 0 aliphatic rings. The molecule has 106 valence electrons. The summed E-state index contributed by atoms with van der Waals surface area (Å²) in [7, 11) is 0. The lowest BCUT2D eigenvalue weighted by Crippen LogP contribution is -2.35. The molecule has 0 atom stereocenters. The van der Waals surface area contributed by atoms with E-state index in [4.69, 9.17) is 4.74 Å². The summed E-state index contributed by atoms with van der Waals surface area (Å²) in [6, 6.07) is 8.06. The van der Waals surface area contributed by atoms with E-state index in [9.17, 15) is 0 Å². The van der Waals surface area contributed by atoms with Crippen LogP contribution in [-0.2, 0) is 12.1 Å². The second kappa shape index (κ2) is 6.68. The van der Waals surface area contributed by atoms with Gasteiger partial charge in [0.25, 0.3) is 0 Å². The molecule has 2 aromatic rings. The van der Waals surface area contributed by atoms with E-state index in [2.05, 4.69) is 36.8 Å². The van der Waals surface area contributed by atoms with E-state index in [1.807, 2.05) is 29.8 Å². The number of hydrogen-bond acceptors (Lipinski definition) is 4. The van der Waals surface area contributed by atoms with Crippen molar-refractivity contribution in [1.82, 2.24) is 10.3 Å². The molecule has 1 aromatic heterocycles. The van der Waals surface area contributed by atoms with Crippen LogP contribution >= 0.6 is 11.3 Å². The molecule has 1 N–H and O–H groups in total. The minimum atomic E-state index is -0.153. The molecular weight excluding hydrogens is 268 g/mol. The van der Waals surface area contributed by atoms with E-state index in [1.165, 1.54) is 0 Å². The van der Waals surface area contributed by atoms with Gasteiger partial charge in [-0.05, 0) is 19.9 Å². The van der Waals surface area contributed by atoms with Gasteiger partial charge < -0.3 is 10.1 Å². The highest BCUT2D eigenvalue weighted by molar-refractivity contribution is 7.09. The van der Waals surface area contributed by atoms with Crippen molar-refractivity contribution < 1.29 is 4.74 Å². The first-order chi connectivity index (χ1) is 9.63. The molecule has 0 saturated heterocycles. The average Bonchev–Trinajstić information content (AvgIpc) is 2.99. The fourth-order valence-electron chi connectivity index (χ4n) is 1.86. The van der Waals surface area contributed by atoms with Crippen LogP contribution in [0.25, 0.3) is 0 Å². The summed E-state index contributed by atoms with van der Waals surface area (Å²) in [4.78, 5) is 4.38. The normalized spacial score (nSPS) is 11.3. The summed E-state index contributed by atoms with van der Waals surface area (Å²) in [6.07, 6.45) is 3.59. The number of nitrogens with one attached hydrogen (secondary N) is 1. The first-order valence-electron chi connectivity index (χ1n) is 6.60. The molecule has 2 rings (SSSR count). The molecule has 3 nitrogen and oxygen atoms in total. The highest BCUT2D eigenvalue weighted by Crippen LogP contribution is 2.24. The van der Waals surface area contributed by atoms with Crippen LogP contribution in [-0.4, -0.2) is 11.6 Å². The number of thiazole rings is 1. The maximum Gasteiger partial charge on any atom is 0.124 e. The Kier molecular flexibility index (Phi) is 4.93. The Labute approximate surface area is 124 Å². The predicted molar refractivity (Wildman–Crippen MR) is 84.1 cm³/mol. The van der Waals surface area contributed by atoms with Gasteiger partial charge in [0.2, 0.25) is 0 Å². The van der Waals surface area contributed by atoms with Crippen molar-refractivity contribution in [2.45, 2.75) is 25.9 Å². The van der Waals surface area contributed by atoms with Gasteiger partial charge in [-0.1, -0.05) is 30.9 Å². The second-order valence-electron chi connectivity index (χ2n) is 5.02. The Morgan fingerprint density at radius 3 is 2.90 bits per heavy atom. The van der Waals surface area contributed by atoms with Crippen molar-refractivity contribution in [3.8, 4) is 5.75 Å². The maximum absolute atomic E-state index is 5.67. The van der Waals surface area contributed by atoms with Gasteiger partial charge in [-0.2, -0.15) is 0 Å². The van der Waals surface area contributed by atoms with Crippen molar-refractivity contribution in [2.75, 3.05) is 6.61 Å². The predicted octanol–water partition coefficient (Wildman–Crippen LogP) is 3.73. The topological polar surface area (TPSA) is 34.1 Å². The molecule has 0 amide bonds. The zero-order valence-electron chi connectivity index (χ0n) is 11.9. The molecular formula is C16H20N2OS. The SMILES string of the molecule is C=CCOc1ccccc1CNC(C)(C)c1nccs1. The lowest BCUT2D eigenvalue weighted by molar-refractivity contribution is 0.349. The average molecular weight is 288 g/mol. The van der Waals surface area contributed by atoms with E-state index in [0.717, 1.165) is 22.9 Å². The number of para-hydroxylation sites is 1. The summed E-state index contributed by atoms with van der Waals surface area (Å²) in [5.74, 6) is 0.898. The van der Waals surface area contributed by atoms with Crippen LogP contribution in [0.2, 0.25) is 0 Å². The highest BCUT2D eigenvalue weighted by Gasteiger charge is 2.22. The number of hydrogen-bond donors (Lipinski definition) is 1. The fraction of sp³-hybridized carbons (Fsp3) is 0.312. The molecule has 20 heavy (non-hydrogen) atoms. The van der Waals surface area contributed by atoms with Gasteiger partial charge in [0, 0.05) is 23.7 Å². The fourth-order valence-corrected chi connectivity index (χ4v) is 2.60. The number of benzene rings is 1. The molecule has 0 unspecified atom stereocenters. The zero-order chi connectivity index (χ0) is 14.4. The van der Waals surface area contributed by atoms with Crippen molar-refractivity contribution >= 4 is 11.3 Å². The minimum Gasteiger partial charge on any atom is -0.489 e. The van der Waals surface area contributed by atoms with Crippen LogP contribution in [0.4, 0.5) is 0 Å². The lowest BCUT2D eigenvalue weighted by atomic mass is 10.1. The van der Waals surface area contributed by atoms with Crippen molar-refractivity contribution in [3.05, 3.63) is 59.1 Å². The maximum atomic E-state index is 5.67. The summed E-state index contributed by atoms with van der Waals surface area (Å²) >= 11 is 1.66.